The van der Waals surface area contributed by atoms with E-state index in [0.29, 0.717) is 17.2 Å². The number of benzene rings is 2. The highest BCUT2D eigenvalue weighted by Gasteiger charge is 2.10. The quantitative estimate of drug-likeness (QED) is 0.801. The zero-order valence-electron chi connectivity index (χ0n) is 12.3. The van der Waals surface area contributed by atoms with Crippen molar-refractivity contribution in [1.29, 1.82) is 0 Å². The molecule has 5 heteroatoms. The molecule has 22 heavy (non-hydrogen) atoms. The third-order valence-electron chi connectivity index (χ3n) is 3.10. The Balaban J connectivity index is 1.79. The molecule has 0 spiro atoms. The number of nitrogens with one attached hydrogen (secondary N) is 1. The molecule has 0 bridgehead atoms. The topological polar surface area (TPSA) is 58.6 Å². The van der Waals surface area contributed by atoms with Crippen molar-refractivity contribution in [1.82, 2.24) is 5.32 Å². The van der Waals surface area contributed by atoms with Crippen LogP contribution in [0.4, 0.5) is 0 Å². The molecule has 0 radical (unpaired) electrons. The van der Waals surface area contributed by atoms with Gasteiger partial charge in [-0.05, 0) is 49.2 Å². The van der Waals surface area contributed by atoms with Gasteiger partial charge < -0.3 is 15.2 Å². The van der Waals surface area contributed by atoms with Crippen LogP contribution in [-0.4, -0.2) is 17.2 Å². The molecule has 1 atom stereocenters. The summed E-state index contributed by atoms with van der Waals surface area (Å²) in [6, 6.07) is 13.9. The number of phenols is 1. The van der Waals surface area contributed by atoms with E-state index < -0.39 is 6.23 Å². The summed E-state index contributed by atoms with van der Waals surface area (Å²) in [6.45, 7) is 1.76. The Morgan fingerprint density at radius 3 is 2.59 bits per heavy atom. The molecular formula is C17H18ClNO3. The molecule has 1 amide bonds. The number of hydrogen-bond donors (Lipinski definition) is 2. The van der Waals surface area contributed by atoms with Crippen LogP contribution in [-0.2, 0) is 11.2 Å². The van der Waals surface area contributed by atoms with Gasteiger partial charge in [-0.15, -0.1) is 0 Å². The van der Waals surface area contributed by atoms with E-state index in [1.165, 1.54) is 0 Å². The first-order chi connectivity index (χ1) is 10.5. The summed E-state index contributed by atoms with van der Waals surface area (Å²) in [6.07, 6.45) is 0.316. The summed E-state index contributed by atoms with van der Waals surface area (Å²) in [5.41, 5.74) is 0.754. The molecule has 0 aliphatic carbocycles. The summed E-state index contributed by atoms with van der Waals surface area (Å²) in [7, 11) is 0. The molecule has 0 saturated heterocycles. The maximum Gasteiger partial charge on any atom is 0.223 e. The number of ether oxygens (including phenoxy) is 1. The second-order valence-electron chi connectivity index (χ2n) is 4.91. The molecule has 0 saturated carbocycles. The predicted octanol–water partition coefficient (Wildman–Crippen LogP) is 3.52. The third kappa shape index (κ3) is 4.97. The van der Waals surface area contributed by atoms with E-state index in [0.717, 1.165) is 5.56 Å². The Bertz CT molecular complexity index is 628. The number of carbonyl (C=O) groups is 1. The summed E-state index contributed by atoms with van der Waals surface area (Å²) in [5.74, 6) is 0.711. The lowest BCUT2D eigenvalue weighted by Crippen LogP contribution is -2.36. The number of rotatable bonds is 6. The van der Waals surface area contributed by atoms with Gasteiger partial charge in [0.25, 0.3) is 0 Å². The van der Waals surface area contributed by atoms with Crippen LogP contribution in [0.25, 0.3) is 0 Å². The number of para-hydroxylation sites is 1. The highest BCUT2D eigenvalue weighted by molar-refractivity contribution is 6.30. The van der Waals surface area contributed by atoms with Crippen molar-refractivity contribution in [2.45, 2.75) is 26.0 Å². The average Bonchev–Trinajstić information content (AvgIpc) is 2.49. The first kappa shape index (κ1) is 16.2. The van der Waals surface area contributed by atoms with Gasteiger partial charge in [0.15, 0.2) is 6.23 Å². The molecule has 2 N–H and O–H groups in total. The Morgan fingerprint density at radius 2 is 1.91 bits per heavy atom. The van der Waals surface area contributed by atoms with Crippen LogP contribution in [0, 0.1) is 0 Å². The van der Waals surface area contributed by atoms with E-state index in [1.807, 2.05) is 6.07 Å². The van der Waals surface area contributed by atoms with Gasteiger partial charge in [0.2, 0.25) is 5.91 Å². The molecule has 2 aromatic carbocycles. The lowest BCUT2D eigenvalue weighted by molar-refractivity contribution is -0.123. The van der Waals surface area contributed by atoms with Crippen molar-refractivity contribution >= 4 is 17.5 Å². The van der Waals surface area contributed by atoms with Crippen molar-refractivity contribution in [2.24, 2.45) is 0 Å². The number of aromatic hydroxyl groups is 1. The number of halogens is 1. The molecule has 2 aromatic rings. The number of carbonyl (C=O) groups excluding carboxylic acids is 1. The molecule has 4 nitrogen and oxygen atoms in total. The van der Waals surface area contributed by atoms with Crippen molar-refractivity contribution in [3.63, 3.8) is 0 Å². The molecule has 116 valence electrons. The van der Waals surface area contributed by atoms with Crippen LogP contribution in [0.3, 0.4) is 0 Å². The Kier molecular flexibility index (Phi) is 5.67. The van der Waals surface area contributed by atoms with Gasteiger partial charge in [-0.25, -0.2) is 0 Å². The Morgan fingerprint density at radius 1 is 1.23 bits per heavy atom. The minimum Gasteiger partial charge on any atom is -0.508 e. The SMILES string of the molecule is CC(NC(=O)CCc1ccccc1O)Oc1ccc(Cl)cc1. The first-order valence-corrected chi connectivity index (χ1v) is 7.41. The molecule has 0 aliphatic heterocycles. The number of amides is 1. The van der Waals surface area contributed by atoms with Crippen molar-refractivity contribution in [3.05, 3.63) is 59.1 Å². The summed E-state index contributed by atoms with van der Waals surface area (Å²) in [5, 5.41) is 13.0. The molecule has 0 heterocycles. The maximum absolute atomic E-state index is 11.9. The summed E-state index contributed by atoms with van der Waals surface area (Å²) >= 11 is 5.80. The lowest BCUT2D eigenvalue weighted by Gasteiger charge is -2.16. The van der Waals surface area contributed by atoms with Crippen LogP contribution in [0.15, 0.2) is 48.5 Å². The van der Waals surface area contributed by atoms with Gasteiger partial charge in [-0.2, -0.15) is 0 Å². The average molecular weight is 320 g/mol. The smallest absolute Gasteiger partial charge is 0.223 e. The monoisotopic (exact) mass is 319 g/mol. The van der Waals surface area contributed by atoms with Gasteiger partial charge in [0.05, 0.1) is 0 Å². The van der Waals surface area contributed by atoms with Crippen LogP contribution < -0.4 is 10.1 Å². The predicted molar refractivity (Wildman–Crippen MR) is 86.1 cm³/mol. The van der Waals surface area contributed by atoms with E-state index >= 15 is 0 Å². The van der Waals surface area contributed by atoms with E-state index in [9.17, 15) is 9.90 Å². The standard InChI is InChI=1S/C17H18ClNO3/c1-12(22-15-9-7-14(18)8-10-15)19-17(21)11-6-13-4-2-3-5-16(13)20/h2-5,7-10,12,20H,6,11H2,1H3,(H,19,21). The molecule has 0 aliphatic rings. The van der Waals surface area contributed by atoms with E-state index in [2.05, 4.69) is 5.32 Å². The lowest BCUT2D eigenvalue weighted by atomic mass is 10.1. The summed E-state index contributed by atoms with van der Waals surface area (Å²) in [4.78, 5) is 11.9. The zero-order chi connectivity index (χ0) is 15.9. The van der Waals surface area contributed by atoms with Gasteiger partial charge in [-0.3, -0.25) is 4.79 Å². The van der Waals surface area contributed by atoms with Gasteiger partial charge in [0, 0.05) is 11.4 Å². The first-order valence-electron chi connectivity index (χ1n) is 7.03. The molecule has 1 unspecified atom stereocenters. The molecule has 0 fully saturated rings. The van der Waals surface area contributed by atoms with Crippen LogP contribution in [0.5, 0.6) is 11.5 Å². The van der Waals surface area contributed by atoms with Crippen LogP contribution >= 0.6 is 11.6 Å². The van der Waals surface area contributed by atoms with Crippen molar-refractivity contribution in [2.75, 3.05) is 0 Å². The number of phenolic OH excluding ortho intramolecular Hbond substituents is 1. The van der Waals surface area contributed by atoms with Gasteiger partial charge in [-0.1, -0.05) is 29.8 Å². The highest BCUT2D eigenvalue weighted by atomic mass is 35.5. The second kappa shape index (κ2) is 7.71. The highest BCUT2D eigenvalue weighted by Crippen LogP contribution is 2.18. The van der Waals surface area contributed by atoms with E-state index in [1.54, 1.807) is 49.4 Å². The van der Waals surface area contributed by atoms with Crippen LogP contribution in [0.1, 0.15) is 18.9 Å². The second-order valence-corrected chi connectivity index (χ2v) is 5.35. The third-order valence-corrected chi connectivity index (χ3v) is 3.36. The fourth-order valence-corrected chi connectivity index (χ4v) is 2.14. The minimum absolute atomic E-state index is 0.135. The summed E-state index contributed by atoms with van der Waals surface area (Å²) < 4.78 is 5.58. The normalized spacial score (nSPS) is 11.7. The number of hydrogen-bond acceptors (Lipinski definition) is 3. The molecule has 2 rings (SSSR count). The number of aryl methyl sites for hydroxylation is 1. The fraction of sp³-hybridized carbons (Fsp3) is 0.235. The molecular weight excluding hydrogens is 302 g/mol. The zero-order valence-corrected chi connectivity index (χ0v) is 13.0. The fourth-order valence-electron chi connectivity index (χ4n) is 2.02. The van der Waals surface area contributed by atoms with Crippen molar-refractivity contribution in [3.8, 4) is 11.5 Å². The molecule has 0 aromatic heterocycles. The Hall–Kier alpha value is -2.20. The van der Waals surface area contributed by atoms with E-state index in [-0.39, 0.29) is 18.1 Å². The van der Waals surface area contributed by atoms with E-state index in [4.69, 9.17) is 16.3 Å². The largest absolute Gasteiger partial charge is 0.508 e. The van der Waals surface area contributed by atoms with Crippen LogP contribution in [0.2, 0.25) is 5.02 Å². The van der Waals surface area contributed by atoms with Crippen molar-refractivity contribution < 1.29 is 14.6 Å². The minimum atomic E-state index is -0.446. The van der Waals surface area contributed by atoms with Gasteiger partial charge >= 0.3 is 0 Å². The Labute approximate surface area is 134 Å². The van der Waals surface area contributed by atoms with Gasteiger partial charge in [0.1, 0.15) is 11.5 Å². The maximum atomic E-state index is 11.9.